The number of hydrogen-bond donors (Lipinski definition) is 2. The minimum Gasteiger partial charge on any atom is -0.462 e. The van der Waals surface area contributed by atoms with Crippen LogP contribution in [0.5, 0.6) is 0 Å². The van der Waals surface area contributed by atoms with Crippen molar-refractivity contribution in [3.05, 3.63) is 71.4 Å². The molecule has 0 atom stereocenters. The zero-order valence-corrected chi connectivity index (χ0v) is 16.7. The minimum absolute atomic E-state index is 0.112. The Morgan fingerprint density at radius 1 is 1.10 bits per heavy atom. The van der Waals surface area contributed by atoms with E-state index in [0.717, 1.165) is 24.9 Å². The number of nitriles is 1. The number of carbonyl (C=O) groups excluding carboxylic acids is 2. The molecule has 0 saturated carbocycles. The average molecular weight is 391 g/mol. The SMILES string of the molecule is CCCCc1ccc(N/C=C(/C#N)C(=O)Nc2ccccc2C(=O)OCC)cc1. The van der Waals surface area contributed by atoms with Gasteiger partial charge in [0, 0.05) is 11.9 Å². The Morgan fingerprint density at radius 2 is 1.83 bits per heavy atom. The van der Waals surface area contributed by atoms with Crippen LogP contribution >= 0.6 is 0 Å². The molecule has 0 saturated heterocycles. The Labute approximate surface area is 171 Å². The van der Waals surface area contributed by atoms with Gasteiger partial charge in [0.25, 0.3) is 5.91 Å². The van der Waals surface area contributed by atoms with Gasteiger partial charge in [-0.15, -0.1) is 0 Å². The van der Waals surface area contributed by atoms with Crippen LogP contribution < -0.4 is 10.6 Å². The maximum Gasteiger partial charge on any atom is 0.340 e. The molecule has 0 aliphatic heterocycles. The molecular formula is C23H25N3O3. The van der Waals surface area contributed by atoms with Gasteiger partial charge in [-0.05, 0) is 49.6 Å². The normalized spacial score (nSPS) is 10.7. The summed E-state index contributed by atoms with van der Waals surface area (Å²) in [5.41, 5.74) is 2.43. The fraction of sp³-hybridized carbons (Fsp3) is 0.261. The molecule has 0 aliphatic rings. The third kappa shape index (κ3) is 6.51. The summed E-state index contributed by atoms with van der Waals surface area (Å²) in [7, 11) is 0. The zero-order valence-electron chi connectivity index (χ0n) is 16.7. The Balaban J connectivity index is 2.07. The van der Waals surface area contributed by atoms with Crippen molar-refractivity contribution in [2.75, 3.05) is 17.2 Å². The number of carbonyl (C=O) groups is 2. The molecule has 6 nitrogen and oxygen atoms in total. The van der Waals surface area contributed by atoms with Crippen LogP contribution in [0.4, 0.5) is 11.4 Å². The van der Waals surface area contributed by atoms with Gasteiger partial charge in [0.1, 0.15) is 11.6 Å². The summed E-state index contributed by atoms with van der Waals surface area (Å²) in [6, 6.07) is 16.2. The van der Waals surface area contributed by atoms with E-state index in [1.807, 2.05) is 30.3 Å². The molecule has 0 fully saturated rings. The number of esters is 1. The molecule has 0 radical (unpaired) electrons. The zero-order chi connectivity index (χ0) is 21.1. The van der Waals surface area contributed by atoms with Gasteiger partial charge in [-0.3, -0.25) is 4.79 Å². The van der Waals surface area contributed by atoms with E-state index < -0.39 is 11.9 Å². The molecule has 0 unspecified atom stereocenters. The third-order valence-electron chi connectivity index (χ3n) is 4.19. The predicted octanol–water partition coefficient (Wildman–Crippen LogP) is 4.66. The van der Waals surface area contributed by atoms with Crippen LogP contribution in [0.1, 0.15) is 42.6 Å². The number of aryl methyl sites for hydroxylation is 1. The number of nitrogens with zero attached hydrogens (tertiary/aromatic N) is 1. The Morgan fingerprint density at radius 3 is 2.48 bits per heavy atom. The summed E-state index contributed by atoms with van der Waals surface area (Å²) in [6.45, 7) is 4.09. The highest BCUT2D eigenvalue weighted by Crippen LogP contribution is 2.17. The first-order chi connectivity index (χ1) is 14.1. The molecule has 0 bridgehead atoms. The van der Waals surface area contributed by atoms with Gasteiger partial charge < -0.3 is 15.4 Å². The van der Waals surface area contributed by atoms with E-state index in [9.17, 15) is 14.9 Å². The van der Waals surface area contributed by atoms with Gasteiger partial charge in [0.05, 0.1) is 17.9 Å². The molecule has 0 aliphatic carbocycles. The van der Waals surface area contributed by atoms with Crippen molar-refractivity contribution in [3.8, 4) is 6.07 Å². The molecule has 0 aromatic heterocycles. The number of hydrogen-bond acceptors (Lipinski definition) is 5. The van der Waals surface area contributed by atoms with E-state index in [1.165, 1.54) is 11.8 Å². The maximum atomic E-state index is 12.5. The lowest BCUT2D eigenvalue weighted by Gasteiger charge is -2.10. The highest BCUT2D eigenvalue weighted by molar-refractivity contribution is 6.09. The second kappa shape index (κ2) is 11.3. The van der Waals surface area contributed by atoms with Gasteiger partial charge in [-0.25, -0.2) is 4.79 Å². The topological polar surface area (TPSA) is 91.2 Å². The molecular weight excluding hydrogens is 366 g/mol. The third-order valence-corrected chi connectivity index (χ3v) is 4.19. The number of nitrogens with one attached hydrogen (secondary N) is 2. The minimum atomic E-state index is -0.615. The van der Waals surface area contributed by atoms with Gasteiger partial charge in [-0.2, -0.15) is 5.26 Å². The molecule has 0 heterocycles. The monoisotopic (exact) mass is 391 g/mol. The maximum absolute atomic E-state index is 12.5. The summed E-state index contributed by atoms with van der Waals surface area (Å²) in [6.07, 6.45) is 4.66. The molecule has 1 amide bonds. The lowest BCUT2D eigenvalue weighted by atomic mass is 10.1. The van der Waals surface area contributed by atoms with Crippen LogP contribution in [0.25, 0.3) is 0 Å². The van der Waals surface area contributed by atoms with E-state index in [1.54, 1.807) is 31.2 Å². The molecule has 6 heteroatoms. The van der Waals surface area contributed by atoms with Crippen molar-refractivity contribution >= 4 is 23.3 Å². The fourth-order valence-corrected chi connectivity index (χ4v) is 2.62. The quantitative estimate of drug-likeness (QED) is 0.368. The number of anilines is 2. The predicted molar refractivity (Wildman–Crippen MR) is 113 cm³/mol. The summed E-state index contributed by atoms with van der Waals surface area (Å²) in [4.78, 5) is 24.5. The first-order valence-electron chi connectivity index (χ1n) is 9.62. The van der Waals surface area contributed by atoms with Gasteiger partial charge in [-0.1, -0.05) is 37.6 Å². The molecule has 150 valence electrons. The molecule has 2 rings (SSSR count). The van der Waals surface area contributed by atoms with Crippen molar-refractivity contribution in [1.29, 1.82) is 5.26 Å². The number of rotatable bonds is 9. The van der Waals surface area contributed by atoms with Crippen LogP contribution in [-0.2, 0) is 16.0 Å². The lowest BCUT2D eigenvalue weighted by molar-refractivity contribution is -0.112. The fourth-order valence-electron chi connectivity index (χ4n) is 2.62. The van der Waals surface area contributed by atoms with Crippen LogP contribution in [0.15, 0.2) is 60.3 Å². The Kier molecular flexibility index (Phi) is 8.46. The van der Waals surface area contributed by atoms with Gasteiger partial charge in [0.15, 0.2) is 0 Å². The summed E-state index contributed by atoms with van der Waals surface area (Å²) in [5, 5.41) is 14.9. The Hall–Kier alpha value is -3.59. The number of amides is 1. The molecule has 29 heavy (non-hydrogen) atoms. The first-order valence-corrected chi connectivity index (χ1v) is 9.62. The Bertz CT molecular complexity index is 912. The molecule has 2 aromatic rings. The van der Waals surface area contributed by atoms with E-state index >= 15 is 0 Å². The smallest absolute Gasteiger partial charge is 0.340 e. The van der Waals surface area contributed by atoms with Crippen molar-refractivity contribution in [2.24, 2.45) is 0 Å². The number of benzene rings is 2. The number of para-hydroxylation sites is 1. The first kappa shape index (κ1) is 21.7. The van der Waals surface area contributed by atoms with Gasteiger partial charge >= 0.3 is 5.97 Å². The van der Waals surface area contributed by atoms with Crippen molar-refractivity contribution < 1.29 is 14.3 Å². The van der Waals surface area contributed by atoms with Crippen molar-refractivity contribution in [3.63, 3.8) is 0 Å². The van der Waals surface area contributed by atoms with E-state index in [4.69, 9.17) is 4.74 Å². The van der Waals surface area contributed by atoms with Crippen LogP contribution in [-0.4, -0.2) is 18.5 Å². The van der Waals surface area contributed by atoms with E-state index in [2.05, 4.69) is 17.6 Å². The second-order valence-electron chi connectivity index (χ2n) is 6.33. The molecule has 2 N–H and O–H groups in total. The summed E-state index contributed by atoms with van der Waals surface area (Å²) >= 11 is 0. The van der Waals surface area contributed by atoms with Crippen LogP contribution in [0.3, 0.4) is 0 Å². The van der Waals surface area contributed by atoms with Crippen molar-refractivity contribution in [2.45, 2.75) is 33.1 Å². The lowest BCUT2D eigenvalue weighted by Crippen LogP contribution is -2.17. The summed E-state index contributed by atoms with van der Waals surface area (Å²) < 4.78 is 4.99. The van der Waals surface area contributed by atoms with Crippen LogP contribution in [0, 0.1) is 11.3 Å². The molecule has 2 aromatic carbocycles. The van der Waals surface area contributed by atoms with Crippen LogP contribution in [0.2, 0.25) is 0 Å². The number of ether oxygens (including phenoxy) is 1. The largest absolute Gasteiger partial charge is 0.462 e. The van der Waals surface area contributed by atoms with Crippen molar-refractivity contribution in [1.82, 2.24) is 0 Å². The standard InChI is InChI=1S/C23H25N3O3/c1-3-5-8-17-11-13-19(14-12-17)25-16-18(15-24)22(27)26-21-10-7-6-9-20(21)23(28)29-4-2/h6-7,9-14,16,25H,3-5,8H2,1-2H3,(H,26,27)/b18-16-. The number of unbranched alkanes of at least 4 members (excludes halogenated alkanes) is 1. The second-order valence-corrected chi connectivity index (χ2v) is 6.33. The summed E-state index contributed by atoms with van der Waals surface area (Å²) in [5.74, 6) is -1.15. The highest BCUT2D eigenvalue weighted by atomic mass is 16.5. The van der Waals surface area contributed by atoms with Gasteiger partial charge in [0.2, 0.25) is 0 Å². The van der Waals surface area contributed by atoms with E-state index in [0.29, 0.717) is 0 Å². The molecule has 0 spiro atoms. The average Bonchev–Trinajstić information content (AvgIpc) is 2.74. The highest BCUT2D eigenvalue weighted by Gasteiger charge is 2.16. The van der Waals surface area contributed by atoms with E-state index in [-0.39, 0.29) is 23.4 Å².